The highest BCUT2D eigenvalue weighted by molar-refractivity contribution is 7.95. The second kappa shape index (κ2) is 11.2. The lowest BCUT2D eigenvalue weighted by molar-refractivity contribution is 0.636. The molecule has 2 unspecified atom stereocenters. The first kappa shape index (κ1) is 21.6. The van der Waals surface area contributed by atoms with Crippen LogP contribution in [0.2, 0.25) is 0 Å². The molecule has 0 spiro atoms. The highest BCUT2D eigenvalue weighted by Crippen LogP contribution is 2.39. The topological polar surface area (TPSA) is 0 Å². The molecule has 4 aromatic carbocycles. The van der Waals surface area contributed by atoms with Crippen molar-refractivity contribution in [2.75, 3.05) is 0 Å². The number of benzene rings is 4. The van der Waals surface area contributed by atoms with E-state index in [1.54, 1.807) is 24.3 Å². The van der Waals surface area contributed by atoms with E-state index in [0.717, 1.165) is 15.9 Å². The lowest BCUT2D eigenvalue weighted by atomic mass is 10.3. The van der Waals surface area contributed by atoms with Gasteiger partial charge in [0, 0.05) is 10.6 Å². The maximum absolute atomic E-state index is 13.5. The van der Waals surface area contributed by atoms with Crippen molar-refractivity contribution in [1.82, 2.24) is 0 Å². The molecule has 4 aromatic rings. The molecule has 0 N–H and O–H groups in total. The zero-order valence-corrected chi connectivity index (χ0v) is 18.1. The SMILES string of the molecule is Fc1ccccc1P(Cl)c1ccccc1.Fc1ccccc1Pc1ccccc1. The lowest BCUT2D eigenvalue weighted by Crippen LogP contribution is -2.11. The Morgan fingerprint density at radius 1 is 0.586 bits per heavy atom. The van der Waals surface area contributed by atoms with Gasteiger partial charge in [0.05, 0.1) is 7.27 Å². The molecule has 0 radical (unpaired) electrons. The molecule has 4 rings (SSSR count). The van der Waals surface area contributed by atoms with Crippen LogP contribution in [0.5, 0.6) is 0 Å². The first-order valence-corrected chi connectivity index (χ1v) is 12.2. The molecule has 0 heterocycles. The van der Waals surface area contributed by atoms with Crippen LogP contribution in [0.15, 0.2) is 109 Å². The highest BCUT2D eigenvalue weighted by Gasteiger charge is 2.13. The molecule has 0 saturated heterocycles. The molecule has 0 aliphatic carbocycles. The Kier molecular flexibility index (Phi) is 8.32. The van der Waals surface area contributed by atoms with Crippen LogP contribution >= 0.6 is 27.1 Å². The van der Waals surface area contributed by atoms with Crippen molar-refractivity contribution in [3.05, 3.63) is 121 Å². The molecule has 2 atom stereocenters. The van der Waals surface area contributed by atoms with Crippen LogP contribution in [-0.4, -0.2) is 0 Å². The van der Waals surface area contributed by atoms with Crippen LogP contribution in [0.4, 0.5) is 8.78 Å². The molecule has 0 fully saturated rings. The van der Waals surface area contributed by atoms with Crippen molar-refractivity contribution in [2.24, 2.45) is 0 Å². The minimum Gasteiger partial charge on any atom is -0.206 e. The Hall–Kier alpha value is -2.11. The van der Waals surface area contributed by atoms with Crippen molar-refractivity contribution < 1.29 is 8.78 Å². The van der Waals surface area contributed by atoms with E-state index < -0.39 is 7.27 Å². The summed E-state index contributed by atoms with van der Waals surface area (Å²) in [4.78, 5) is 0. The van der Waals surface area contributed by atoms with Crippen molar-refractivity contribution in [1.29, 1.82) is 0 Å². The van der Waals surface area contributed by atoms with Gasteiger partial charge in [0.25, 0.3) is 0 Å². The summed E-state index contributed by atoms with van der Waals surface area (Å²) in [5.41, 5.74) is 0. The minimum atomic E-state index is -1.09. The van der Waals surface area contributed by atoms with Gasteiger partial charge in [0.15, 0.2) is 0 Å². The second-order valence-electron chi connectivity index (χ2n) is 6.04. The van der Waals surface area contributed by atoms with Crippen LogP contribution in [0, 0.1) is 11.6 Å². The molecular weight excluding hydrogens is 424 g/mol. The zero-order chi connectivity index (χ0) is 20.5. The molecular formula is C24H19ClF2P2. The van der Waals surface area contributed by atoms with E-state index in [9.17, 15) is 8.78 Å². The van der Waals surface area contributed by atoms with E-state index in [4.69, 9.17) is 11.2 Å². The lowest BCUT2D eigenvalue weighted by Gasteiger charge is -2.10. The molecule has 0 nitrogen and oxygen atoms in total. The van der Waals surface area contributed by atoms with Gasteiger partial charge in [-0.15, -0.1) is 0 Å². The summed E-state index contributed by atoms with van der Waals surface area (Å²) in [5.74, 6) is -0.350. The average Bonchev–Trinajstić information content (AvgIpc) is 2.77. The van der Waals surface area contributed by atoms with Gasteiger partial charge in [0.1, 0.15) is 11.6 Å². The van der Waals surface area contributed by atoms with Crippen LogP contribution in [0.1, 0.15) is 0 Å². The molecule has 146 valence electrons. The van der Waals surface area contributed by atoms with Crippen LogP contribution in [0.3, 0.4) is 0 Å². The van der Waals surface area contributed by atoms with Crippen LogP contribution < -0.4 is 21.2 Å². The van der Waals surface area contributed by atoms with Gasteiger partial charge in [-0.2, -0.15) is 0 Å². The summed E-state index contributed by atoms with van der Waals surface area (Å²) in [6.45, 7) is 0. The zero-order valence-electron chi connectivity index (χ0n) is 15.5. The number of rotatable bonds is 4. The van der Waals surface area contributed by atoms with Crippen molar-refractivity contribution >= 4 is 48.3 Å². The fourth-order valence-electron chi connectivity index (χ4n) is 2.55. The van der Waals surface area contributed by atoms with Gasteiger partial charge in [-0.25, -0.2) is 8.78 Å². The molecule has 5 heteroatoms. The third-order valence-corrected chi connectivity index (χ3v) is 7.94. The summed E-state index contributed by atoms with van der Waals surface area (Å²) in [7, 11) is -0.694. The maximum Gasteiger partial charge on any atom is 0.132 e. The molecule has 0 aliphatic rings. The van der Waals surface area contributed by atoms with Crippen molar-refractivity contribution in [2.45, 2.75) is 0 Å². The fourth-order valence-corrected chi connectivity index (χ4v) is 5.54. The van der Waals surface area contributed by atoms with E-state index in [-0.39, 0.29) is 11.6 Å². The Morgan fingerprint density at radius 3 is 1.72 bits per heavy atom. The van der Waals surface area contributed by atoms with E-state index in [1.165, 1.54) is 12.1 Å². The van der Waals surface area contributed by atoms with Crippen molar-refractivity contribution in [3.63, 3.8) is 0 Å². The van der Waals surface area contributed by atoms with Gasteiger partial charge >= 0.3 is 0 Å². The summed E-state index contributed by atoms with van der Waals surface area (Å²) in [6.07, 6.45) is 0. The number of hydrogen-bond acceptors (Lipinski definition) is 0. The summed E-state index contributed by atoms with van der Waals surface area (Å²) in [5, 5.41) is 3.50. The van der Waals surface area contributed by atoms with Gasteiger partial charge in [-0.3, -0.25) is 0 Å². The van der Waals surface area contributed by atoms with Gasteiger partial charge in [-0.1, -0.05) is 117 Å². The molecule has 0 aromatic heterocycles. The molecule has 0 amide bonds. The summed E-state index contributed by atoms with van der Waals surface area (Å²) >= 11 is 6.26. The largest absolute Gasteiger partial charge is 0.206 e. The van der Waals surface area contributed by atoms with Gasteiger partial charge in [0.2, 0.25) is 0 Å². The third kappa shape index (κ3) is 6.44. The standard InChI is InChI=1S/C12H9ClFP.C12H10FP/c13-15(10-6-2-1-3-7-10)12-9-5-4-8-11(12)14;13-11-8-4-5-9-12(11)14-10-6-2-1-3-7-10/h1-9H;1-9,14H. The van der Waals surface area contributed by atoms with Gasteiger partial charge < -0.3 is 0 Å². The number of hydrogen-bond donors (Lipinski definition) is 0. The van der Waals surface area contributed by atoms with Crippen molar-refractivity contribution in [3.8, 4) is 0 Å². The third-order valence-electron chi connectivity index (χ3n) is 3.97. The van der Waals surface area contributed by atoms with Crippen LogP contribution in [0.25, 0.3) is 0 Å². The quantitative estimate of drug-likeness (QED) is 0.347. The van der Waals surface area contributed by atoms with E-state index in [2.05, 4.69) is 0 Å². The molecule has 0 bridgehead atoms. The van der Waals surface area contributed by atoms with E-state index >= 15 is 0 Å². The second-order valence-corrected chi connectivity index (χ2v) is 9.98. The Morgan fingerprint density at radius 2 is 1.10 bits per heavy atom. The highest BCUT2D eigenvalue weighted by atomic mass is 35.7. The fraction of sp³-hybridized carbons (Fsp3) is 0. The monoisotopic (exact) mass is 442 g/mol. The predicted molar refractivity (Wildman–Crippen MR) is 125 cm³/mol. The molecule has 29 heavy (non-hydrogen) atoms. The summed E-state index contributed by atoms with van der Waals surface area (Å²) in [6, 6.07) is 33.1. The Labute approximate surface area is 177 Å². The minimum absolute atomic E-state index is 0.116. The molecule has 0 saturated carbocycles. The molecule has 0 aliphatic heterocycles. The van der Waals surface area contributed by atoms with Gasteiger partial charge in [-0.05, 0) is 22.7 Å². The maximum atomic E-state index is 13.5. The summed E-state index contributed by atoms with van der Waals surface area (Å²) < 4.78 is 26.7. The Bertz CT molecular complexity index is 1030. The first-order valence-electron chi connectivity index (χ1n) is 8.97. The average molecular weight is 443 g/mol. The first-order chi connectivity index (χ1) is 14.1. The smallest absolute Gasteiger partial charge is 0.132 e. The normalized spacial score (nSPS) is 11.7. The van der Waals surface area contributed by atoms with Crippen LogP contribution in [-0.2, 0) is 0 Å². The predicted octanol–water partition coefficient (Wildman–Crippen LogP) is 5.87. The van der Waals surface area contributed by atoms with E-state index in [1.807, 2.05) is 72.8 Å². The number of halogens is 3. The van der Waals surface area contributed by atoms with E-state index in [0.29, 0.717) is 13.9 Å². The Balaban J connectivity index is 0.000000166.